The first-order valence-electron chi connectivity index (χ1n) is 9.60. The molecule has 0 aliphatic carbocycles. The number of carbonyl (C=O) groups excluding carboxylic acids is 3. The van der Waals surface area contributed by atoms with Crippen molar-refractivity contribution in [3.8, 4) is 11.5 Å². The second-order valence-electron chi connectivity index (χ2n) is 6.97. The molecule has 3 aromatic rings. The molecule has 0 radical (unpaired) electrons. The zero-order valence-corrected chi connectivity index (χ0v) is 16.4. The van der Waals surface area contributed by atoms with Gasteiger partial charge in [0.1, 0.15) is 12.6 Å². The van der Waals surface area contributed by atoms with Crippen molar-refractivity contribution < 1.29 is 23.9 Å². The molecule has 2 atom stereocenters. The fourth-order valence-electron chi connectivity index (χ4n) is 3.34. The molecule has 0 unspecified atom stereocenters. The smallest absolute Gasteiger partial charge is 0.312 e. The molecule has 0 spiro atoms. The van der Waals surface area contributed by atoms with Crippen LogP contribution in [-0.4, -0.2) is 41.6 Å². The predicted molar refractivity (Wildman–Crippen MR) is 111 cm³/mol. The molecule has 0 saturated heterocycles. The SMILES string of the molecule is NC(=O)N[C@H](Cc1c[nH]c2ccccc12)C(=O)NNC(=O)[C@@H]1COc2ccccc2O1. The number of benzene rings is 2. The lowest BCUT2D eigenvalue weighted by Gasteiger charge is -2.26. The minimum atomic E-state index is -0.999. The number of rotatable bonds is 5. The molecule has 10 heteroatoms. The molecule has 4 amide bonds. The van der Waals surface area contributed by atoms with Crippen LogP contribution in [0.2, 0.25) is 0 Å². The average molecular weight is 423 g/mol. The van der Waals surface area contributed by atoms with Gasteiger partial charge in [0.05, 0.1) is 0 Å². The van der Waals surface area contributed by atoms with Crippen LogP contribution in [0.25, 0.3) is 10.9 Å². The lowest BCUT2D eigenvalue weighted by atomic mass is 10.0. The summed E-state index contributed by atoms with van der Waals surface area (Å²) in [6, 6.07) is 12.7. The van der Waals surface area contributed by atoms with Gasteiger partial charge < -0.3 is 25.5 Å². The maximum absolute atomic E-state index is 12.6. The third-order valence-corrected chi connectivity index (χ3v) is 4.84. The second kappa shape index (κ2) is 8.66. The number of hydrogen-bond acceptors (Lipinski definition) is 5. The summed E-state index contributed by atoms with van der Waals surface area (Å²) in [6.45, 7) is -0.00296. The molecule has 0 bridgehead atoms. The summed E-state index contributed by atoms with van der Waals surface area (Å²) in [5, 5.41) is 3.32. The number of aromatic amines is 1. The molecular formula is C21H21N5O5. The molecule has 160 valence electrons. The second-order valence-corrected chi connectivity index (χ2v) is 6.97. The number of nitrogens with two attached hydrogens (primary N) is 1. The summed E-state index contributed by atoms with van der Waals surface area (Å²) in [7, 11) is 0. The van der Waals surface area contributed by atoms with E-state index < -0.39 is 30.0 Å². The van der Waals surface area contributed by atoms with Crippen LogP contribution in [0.4, 0.5) is 4.79 Å². The third kappa shape index (κ3) is 4.53. The number of H-pyrrole nitrogens is 1. The highest BCUT2D eigenvalue weighted by Gasteiger charge is 2.29. The quantitative estimate of drug-likeness (QED) is 0.384. The van der Waals surface area contributed by atoms with E-state index >= 15 is 0 Å². The largest absolute Gasteiger partial charge is 0.485 e. The topological polar surface area (TPSA) is 148 Å². The van der Waals surface area contributed by atoms with E-state index in [1.165, 1.54) is 0 Å². The summed E-state index contributed by atoms with van der Waals surface area (Å²) in [5.41, 5.74) is 11.6. The van der Waals surface area contributed by atoms with Gasteiger partial charge in [0.2, 0.25) is 6.10 Å². The van der Waals surface area contributed by atoms with Gasteiger partial charge in [-0.1, -0.05) is 30.3 Å². The van der Waals surface area contributed by atoms with Gasteiger partial charge in [-0.15, -0.1) is 0 Å². The molecule has 1 aromatic heterocycles. The molecule has 1 aliphatic rings. The Kier molecular flexibility index (Phi) is 5.61. The number of hydrogen-bond donors (Lipinski definition) is 5. The summed E-state index contributed by atoms with van der Waals surface area (Å²) in [4.78, 5) is 39.6. The van der Waals surface area contributed by atoms with Crippen LogP contribution in [0.15, 0.2) is 54.7 Å². The number of hydrazine groups is 1. The van der Waals surface area contributed by atoms with Crippen LogP contribution in [0.5, 0.6) is 11.5 Å². The van der Waals surface area contributed by atoms with E-state index in [1.807, 2.05) is 24.3 Å². The van der Waals surface area contributed by atoms with Crippen LogP contribution in [0.1, 0.15) is 5.56 Å². The van der Waals surface area contributed by atoms with Gasteiger partial charge in [-0.25, -0.2) is 4.79 Å². The zero-order chi connectivity index (χ0) is 21.8. The van der Waals surface area contributed by atoms with Gasteiger partial charge in [0, 0.05) is 23.5 Å². The van der Waals surface area contributed by atoms with Crippen LogP contribution < -0.4 is 31.4 Å². The lowest BCUT2D eigenvalue weighted by molar-refractivity contribution is -0.135. The predicted octanol–water partition coefficient (Wildman–Crippen LogP) is 0.735. The molecule has 2 aromatic carbocycles. The monoisotopic (exact) mass is 423 g/mol. The normalized spacial score (nSPS) is 15.7. The summed E-state index contributed by atoms with van der Waals surface area (Å²) in [6.07, 6.45) is 0.994. The molecule has 31 heavy (non-hydrogen) atoms. The maximum Gasteiger partial charge on any atom is 0.312 e. The highest BCUT2D eigenvalue weighted by atomic mass is 16.6. The Hall–Kier alpha value is -4.21. The van der Waals surface area contributed by atoms with Gasteiger partial charge in [-0.2, -0.15) is 0 Å². The first kappa shape index (κ1) is 20.1. The molecule has 0 fully saturated rings. The van der Waals surface area contributed by atoms with E-state index in [-0.39, 0.29) is 13.0 Å². The molecular weight excluding hydrogens is 402 g/mol. The Morgan fingerprint density at radius 2 is 1.81 bits per heavy atom. The Bertz CT molecular complexity index is 1130. The van der Waals surface area contributed by atoms with Crippen molar-refractivity contribution >= 4 is 28.7 Å². The van der Waals surface area contributed by atoms with Gasteiger partial charge in [0.15, 0.2) is 11.5 Å². The molecule has 0 saturated carbocycles. The van der Waals surface area contributed by atoms with Gasteiger partial charge in [0.25, 0.3) is 11.8 Å². The number of aromatic nitrogens is 1. The number of carbonyl (C=O) groups is 3. The van der Waals surface area contributed by atoms with Crippen molar-refractivity contribution in [3.05, 3.63) is 60.3 Å². The van der Waals surface area contributed by atoms with Gasteiger partial charge >= 0.3 is 6.03 Å². The number of primary amides is 1. The Morgan fingerprint density at radius 3 is 2.61 bits per heavy atom. The van der Waals surface area contributed by atoms with Crippen molar-refractivity contribution in [2.24, 2.45) is 5.73 Å². The lowest BCUT2D eigenvalue weighted by Crippen LogP contribution is -2.56. The van der Waals surface area contributed by atoms with E-state index in [4.69, 9.17) is 15.2 Å². The first-order valence-corrected chi connectivity index (χ1v) is 9.60. The summed E-state index contributed by atoms with van der Waals surface area (Å²) in [5.74, 6) is -0.241. The molecule has 10 nitrogen and oxygen atoms in total. The molecule has 1 aliphatic heterocycles. The third-order valence-electron chi connectivity index (χ3n) is 4.84. The molecule has 6 N–H and O–H groups in total. The van der Waals surface area contributed by atoms with Crippen LogP contribution >= 0.6 is 0 Å². The molecule has 2 heterocycles. The maximum atomic E-state index is 12.6. The number of ether oxygens (including phenoxy) is 2. The highest BCUT2D eigenvalue weighted by molar-refractivity contribution is 5.91. The number of amides is 4. The van der Waals surface area contributed by atoms with Crippen LogP contribution in [0.3, 0.4) is 0 Å². The minimum absolute atomic E-state index is 0.00296. The fourth-order valence-corrected chi connectivity index (χ4v) is 3.34. The van der Waals surface area contributed by atoms with E-state index in [2.05, 4.69) is 21.2 Å². The fraction of sp³-hybridized carbons (Fsp3) is 0.190. The van der Waals surface area contributed by atoms with Crippen molar-refractivity contribution in [2.45, 2.75) is 18.6 Å². The highest BCUT2D eigenvalue weighted by Crippen LogP contribution is 2.30. The average Bonchev–Trinajstić information content (AvgIpc) is 3.19. The Balaban J connectivity index is 1.38. The first-order chi connectivity index (χ1) is 15.0. The van der Waals surface area contributed by atoms with Gasteiger partial charge in [-0.3, -0.25) is 20.4 Å². The number of fused-ring (bicyclic) bond motifs is 2. The van der Waals surface area contributed by atoms with Crippen molar-refractivity contribution in [1.29, 1.82) is 0 Å². The standard InChI is InChI=1S/C21H21N5O5/c22-21(29)24-15(9-12-10-23-14-6-2-1-5-13(12)14)19(27)25-26-20(28)18-11-30-16-7-3-4-8-17(16)31-18/h1-8,10,15,18,23H,9,11H2,(H,25,27)(H,26,28)(H3,22,24,29)/t15-,18+/m1/s1. The Morgan fingerprint density at radius 1 is 1.06 bits per heavy atom. The van der Waals surface area contributed by atoms with Crippen molar-refractivity contribution in [1.82, 2.24) is 21.2 Å². The van der Waals surface area contributed by atoms with E-state index in [1.54, 1.807) is 30.5 Å². The van der Waals surface area contributed by atoms with Gasteiger partial charge in [-0.05, 0) is 23.8 Å². The summed E-state index contributed by atoms with van der Waals surface area (Å²) < 4.78 is 11.1. The number of nitrogens with one attached hydrogen (secondary N) is 4. The van der Waals surface area contributed by atoms with E-state index in [9.17, 15) is 14.4 Å². The van der Waals surface area contributed by atoms with E-state index in [0.717, 1.165) is 16.5 Å². The minimum Gasteiger partial charge on any atom is -0.485 e. The van der Waals surface area contributed by atoms with Crippen LogP contribution in [-0.2, 0) is 16.0 Å². The Labute approximate surface area is 177 Å². The number of urea groups is 1. The van der Waals surface area contributed by atoms with Crippen molar-refractivity contribution in [2.75, 3.05) is 6.61 Å². The van der Waals surface area contributed by atoms with Crippen LogP contribution in [0, 0.1) is 0 Å². The number of para-hydroxylation sites is 3. The summed E-state index contributed by atoms with van der Waals surface area (Å²) >= 11 is 0. The van der Waals surface area contributed by atoms with Crippen molar-refractivity contribution in [3.63, 3.8) is 0 Å². The zero-order valence-electron chi connectivity index (χ0n) is 16.4. The molecule has 4 rings (SSSR count). The van der Waals surface area contributed by atoms with E-state index in [0.29, 0.717) is 11.5 Å².